The Labute approximate surface area is 169 Å². The molecule has 1 aliphatic heterocycles. The Kier molecular flexibility index (Phi) is 10.7. The zero-order valence-electron chi connectivity index (χ0n) is 17.2. The molecule has 0 aromatic heterocycles. The van der Waals surface area contributed by atoms with Gasteiger partial charge in [0.1, 0.15) is 0 Å². The first-order valence-electron chi connectivity index (χ1n) is 10.0. The van der Waals surface area contributed by atoms with Crippen LogP contribution in [0.15, 0.2) is 0 Å². The number of esters is 1. The van der Waals surface area contributed by atoms with Crippen LogP contribution in [0.3, 0.4) is 0 Å². The molecule has 27 heavy (non-hydrogen) atoms. The third kappa shape index (κ3) is 6.62. The molecule has 1 fully saturated rings. The van der Waals surface area contributed by atoms with Gasteiger partial charge >= 0.3 is 5.97 Å². The summed E-state index contributed by atoms with van der Waals surface area (Å²) in [5.41, 5.74) is 4.63. The zero-order chi connectivity index (χ0) is 20.4. The number of cyclic esters (lactones) is 1. The molecule has 158 valence electrons. The van der Waals surface area contributed by atoms with Gasteiger partial charge < -0.3 is 10.5 Å². The van der Waals surface area contributed by atoms with Gasteiger partial charge in [-0.05, 0) is 18.8 Å². The van der Waals surface area contributed by atoms with E-state index in [0.717, 1.165) is 25.7 Å². The van der Waals surface area contributed by atoms with Crippen molar-refractivity contribution in [1.29, 1.82) is 0 Å². The predicted molar refractivity (Wildman–Crippen MR) is 109 cm³/mol. The SMILES string of the molecule is CCCCCON(C(=O)CCC(C)C)[C@@]1(NCC(N)CS)C(=O)OC[C@H]1C. The van der Waals surface area contributed by atoms with Crippen LogP contribution in [0.2, 0.25) is 0 Å². The lowest BCUT2D eigenvalue weighted by atomic mass is 9.95. The van der Waals surface area contributed by atoms with Crippen LogP contribution in [0.1, 0.15) is 59.8 Å². The molecule has 7 nitrogen and oxygen atoms in total. The first-order chi connectivity index (χ1) is 12.8. The second-order valence-corrected chi connectivity index (χ2v) is 8.12. The van der Waals surface area contributed by atoms with E-state index < -0.39 is 11.6 Å². The summed E-state index contributed by atoms with van der Waals surface area (Å²) in [6.45, 7) is 9.04. The maximum Gasteiger partial charge on any atom is 0.350 e. The molecule has 3 N–H and O–H groups in total. The number of hydrogen-bond donors (Lipinski definition) is 3. The molecular formula is C19H37N3O4S. The van der Waals surface area contributed by atoms with E-state index in [-0.39, 0.29) is 24.5 Å². The van der Waals surface area contributed by atoms with Gasteiger partial charge in [0.15, 0.2) is 0 Å². The number of unbranched alkanes of at least 4 members (excludes halogenated alkanes) is 2. The van der Waals surface area contributed by atoms with Crippen LogP contribution in [-0.2, 0) is 19.2 Å². The van der Waals surface area contributed by atoms with Crippen molar-refractivity contribution in [2.24, 2.45) is 17.6 Å². The fraction of sp³-hybridized carbons (Fsp3) is 0.895. The molecule has 8 heteroatoms. The minimum absolute atomic E-state index is 0.210. The molecule has 0 bridgehead atoms. The topological polar surface area (TPSA) is 93.9 Å². The molecule has 0 radical (unpaired) electrons. The number of amides is 1. The number of ether oxygens (including phenoxy) is 1. The first-order valence-corrected chi connectivity index (χ1v) is 10.7. The number of rotatable bonds is 13. The van der Waals surface area contributed by atoms with E-state index in [1.54, 1.807) is 0 Å². The van der Waals surface area contributed by atoms with Gasteiger partial charge in [-0.3, -0.25) is 14.9 Å². The van der Waals surface area contributed by atoms with Gasteiger partial charge in [-0.15, -0.1) is 0 Å². The lowest BCUT2D eigenvalue weighted by molar-refractivity contribution is -0.235. The fourth-order valence-electron chi connectivity index (χ4n) is 2.98. The molecule has 1 heterocycles. The highest BCUT2D eigenvalue weighted by Crippen LogP contribution is 2.32. The van der Waals surface area contributed by atoms with E-state index in [4.69, 9.17) is 15.3 Å². The Morgan fingerprint density at radius 1 is 1.48 bits per heavy atom. The smallest absolute Gasteiger partial charge is 0.350 e. The van der Waals surface area contributed by atoms with Crippen LogP contribution in [0.5, 0.6) is 0 Å². The van der Waals surface area contributed by atoms with Crippen LogP contribution in [-0.4, -0.2) is 54.2 Å². The van der Waals surface area contributed by atoms with E-state index in [1.165, 1.54) is 5.06 Å². The summed E-state index contributed by atoms with van der Waals surface area (Å²) in [4.78, 5) is 31.7. The highest BCUT2D eigenvalue weighted by atomic mass is 32.1. The van der Waals surface area contributed by atoms with Crippen LogP contribution >= 0.6 is 12.6 Å². The summed E-state index contributed by atoms with van der Waals surface area (Å²) < 4.78 is 5.30. The van der Waals surface area contributed by atoms with Crippen LogP contribution in [0.25, 0.3) is 0 Å². The molecule has 0 spiro atoms. The Morgan fingerprint density at radius 2 is 2.19 bits per heavy atom. The van der Waals surface area contributed by atoms with Gasteiger partial charge in [0.25, 0.3) is 0 Å². The summed E-state index contributed by atoms with van der Waals surface area (Å²) >= 11 is 4.20. The molecule has 1 aliphatic rings. The largest absolute Gasteiger partial charge is 0.462 e. The van der Waals surface area contributed by atoms with Crippen molar-refractivity contribution in [1.82, 2.24) is 10.4 Å². The maximum absolute atomic E-state index is 13.0. The molecule has 1 unspecified atom stereocenters. The Balaban J connectivity index is 3.07. The number of hydrogen-bond acceptors (Lipinski definition) is 7. The van der Waals surface area contributed by atoms with E-state index in [1.807, 2.05) is 6.92 Å². The highest BCUT2D eigenvalue weighted by molar-refractivity contribution is 7.80. The van der Waals surface area contributed by atoms with Gasteiger partial charge in [0.05, 0.1) is 13.2 Å². The van der Waals surface area contributed by atoms with Crippen LogP contribution in [0.4, 0.5) is 0 Å². The number of nitrogens with two attached hydrogens (primary N) is 1. The zero-order valence-corrected chi connectivity index (χ0v) is 18.1. The van der Waals surface area contributed by atoms with Crippen molar-refractivity contribution in [3.63, 3.8) is 0 Å². The molecule has 1 amide bonds. The standard InChI is InChI=1S/C19H37N3O4S/c1-5-6-7-10-26-22(17(23)9-8-14(2)3)19(21-11-16(20)13-27)15(4)12-25-18(19)24/h14-16,21,27H,5-13,20H2,1-4H3/t15-,16?,19-/m1/s1. The number of carbonyl (C=O) groups is 2. The van der Waals surface area contributed by atoms with Gasteiger partial charge in [0, 0.05) is 30.7 Å². The molecular weight excluding hydrogens is 366 g/mol. The second-order valence-electron chi connectivity index (χ2n) is 7.75. The minimum atomic E-state index is -1.35. The molecule has 0 aromatic carbocycles. The fourth-order valence-corrected chi connectivity index (χ4v) is 3.11. The van der Waals surface area contributed by atoms with E-state index in [0.29, 0.717) is 31.2 Å². The third-order valence-electron chi connectivity index (χ3n) is 4.81. The summed E-state index contributed by atoms with van der Waals surface area (Å²) in [7, 11) is 0. The average Bonchev–Trinajstić information content (AvgIpc) is 2.92. The van der Waals surface area contributed by atoms with E-state index >= 15 is 0 Å². The minimum Gasteiger partial charge on any atom is -0.462 e. The first kappa shape index (κ1) is 24.2. The highest BCUT2D eigenvalue weighted by Gasteiger charge is 2.57. The number of thiol groups is 1. The van der Waals surface area contributed by atoms with E-state index in [9.17, 15) is 9.59 Å². The third-order valence-corrected chi connectivity index (χ3v) is 5.28. The number of hydroxylamine groups is 2. The second kappa shape index (κ2) is 11.9. The molecule has 0 aliphatic carbocycles. The van der Waals surface area contributed by atoms with Crippen LogP contribution in [0, 0.1) is 11.8 Å². The lowest BCUT2D eigenvalue weighted by Crippen LogP contribution is -2.68. The summed E-state index contributed by atoms with van der Waals surface area (Å²) in [5, 5.41) is 4.43. The molecule has 1 saturated heterocycles. The predicted octanol–water partition coefficient (Wildman–Crippen LogP) is 2.11. The summed E-state index contributed by atoms with van der Waals surface area (Å²) in [5.74, 6) is -0.116. The Hall–Kier alpha value is -0.830. The van der Waals surface area contributed by atoms with Crippen molar-refractivity contribution in [3.05, 3.63) is 0 Å². The Morgan fingerprint density at radius 3 is 2.70 bits per heavy atom. The van der Waals surface area contributed by atoms with E-state index in [2.05, 4.69) is 38.7 Å². The van der Waals surface area contributed by atoms with Crippen molar-refractivity contribution in [2.75, 3.05) is 25.5 Å². The van der Waals surface area contributed by atoms with Crippen molar-refractivity contribution < 1.29 is 19.2 Å². The monoisotopic (exact) mass is 403 g/mol. The van der Waals surface area contributed by atoms with Crippen LogP contribution < -0.4 is 11.1 Å². The van der Waals surface area contributed by atoms with Gasteiger partial charge in [0.2, 0.25) is 11.6 Å². The molecule has 0 saturated carbocycles. The number of carbonyl (C=O) groups excluding carboxylic acids is 2. The van der Waals surface area contributed by atoms with Gasteiger partial charge in [-0.1, -0.05) is 40.5 Å². The average molecular weight is 404 g/mol. The van der Waals surface area contributed by atoms with Gasteiger partial charge in [-0.25, -0.2) is 4.79 Å². The van der Waals surface area contributed by atoms with Crippen molar-refractivity contribution in [2.45, 2.75) is 71.5 Å². The van der Waals surface area contributed by atoms with Crippen molar-refractivity contribution >= 4 is 24.5 Å². The summed E-state index contributed by atoms with van der Waals surface area (Å²) in [6.07, 6.45) is 3.90. The Bertz CT molecular complexity index is 478. The molecule has 3 atom stereocenters. The number of nitrogens with one attached hydrogen (secondary N) is 1. The van der Waals surface area contributed by atoms with Crippen molar-refractivity contribution in [3.8, 4) is 0 Å². The quantitative estimate of drug-likeness (QED) is 0.143. The number of nitrogens with zero attached hydrogens (tertiary/aromatic N) is 1. The molecule has 1 rings (SSSR count). The molecule has 0 aromatic rings. The maximum atomic E-state index is 13.0. The van der Waals surface area contributed by atoms with Gasteiger partial charge in [-0.2, -0.15) is 17.7 Å². The normalized spacial score (nSPS) is 23.5. The summed E-state index contributed by atoms with van der Waals surface area (Å²) in [6, 6.07) is -0.251. The lowest BCUT2D eigenvalue weighted by Gasteiger charge is -2.40.